The van der Waals surface area contributed by atoms with Crippen LogP contribution in [0.5, 0.6) is 0 Å². The van der Waals surface area contributed by atoms with Gasteiger partial charge < -0.3 is 9.73 Å². The van der Waals surface area contributed by atoms with Gasteiger partial charge in [0.2, 0.25) is 0 Å². The highest BCUT2D eigenvalue weighted by Crippen LogP contribution is 2.32. The SMILES string of the molecule is CCNC(c1cc2cccc(Cl)c2o1)c1ccncc1F. The number of fused-ring (bicyclic) bond motifs is 1. The average molecular weight is 305 g/mol. The van der Waals surface area contributed by atoms with Crippen molar-refractivity contribution < 1.29 is 8.81 Å². The molecule has 0 aliphatic carbocycles. The number of nitrogens with one attached hydrogen (secondary N) is 1. The molecule has 3 aromatic rings. The Morgan fingerprint density at radius 2 is 2.24 bits per heavy atom. The summed E-state index contributed by atoms with van der Waals surface area (Å²) in [6.07, 6.45) is 2.77. The van der Waals surface area contributed by atoms with Gasteiger partial charge in [0.1, 0.15) is 11.6 Å². The summed E-state index contributed by atoms with van der Waals surface area (Å²) in [7, 11) is 0. The Bertz CT molecular complexity index is 772. The van der Waals surface area contributed by atoms with Crippen molar-refractivity contribution >= 4 is 22.6 Å². The Morgan fingerprint density at radius 1 is 1.38 bits per heavy atom. The molecule has 0 aliphatic rings. The van der Waals surface area contributed by atoms with E-state index in [0.29, 0.717) is 28.5 Å². The normalized spacial score (nSPS) is 12.7. The fourth-order valence-electron chi connectivity index (χ4n) is 2.38. The Balaban J connectivity index is 2.11. The molecule has 0 saturated heterocycles. The number of aromatic nitrogens is 1. The minimum atomic E-state index is -0.374. The number of hydrogen-bond donors (Lipinski definition) is 1. The van der Waals surface area contributed by atoms with Crippen molar-refractivity contribution in [1.82, 2.24) is 10.3 Å². The molecule has 5 heteroatoms. The number of hydrogen-bond acceptors (Lipinski definition) is 3. The lowest BCUT2D eigenvalue weighted by atomic mass is 10.1. The summed E-state index contributed by atoms with van der Waals surface area (Å²) in [6, 6.07) is 8.71. The second-order valence-corrected chi connectivity index (χ2v) is 5.10. The van der Waals surface area contributed by atoms with E-state index in [1.165, 1.54) is 6.20 Å². The number of pyridine rings is 1. The second-order valence-electron chi connectivity index (χ2n) is 4.69. The lowest BCUT2D eigenvalue weighted by Gasteiger charge is -2.16. The molecule has 2 aromatic heterocycles. The monoisotopic (exact) mass is 304 g/mol. The maximum atomic E-state index is 14.0. The lowest BCUT2D eigenvalue weighted by molar-refractivity contribution is 0.462. The number of nitrogens with zero attached hydrogens (tertiary/aromatic N) is 1. The van der Waals surface area contributed by atoms with E-state index in [1.54, 1.807) is 18.3 Å². The van der Waals surface area contributed by atoms with Gasteiger partial charge in [0.25, 0.3) is 0 Å². The number of benzene rings is 1. The van der Waals surface area contributed by atoms with Crippen molar-refractivity contribution in [3.63, 3.8) is 0 Å². The van der Waals surface area contributed by atoms with E-state index in [1.807, 2.05) is 25.1 Å². The minimum absolute atomic E-state index is 0.366. The molecule has 0 saturated carbocycles. The van der Waals surface area contributed by atoms with Gasteiger partial charge in [-0.05, 0) is 24.7 Å². The van der Waals surface area contributed by atoms with Gasteiger partial charge in [0, 0.05) is 17.1 Å². The number of halogens is 2. The van der Waals surface area contributed by atoms with Crippen molar-refractivity contribution in [1.29, 1.82) is 0 Å². The molecular formula is C16H14ClFN2O. The van der Waals surface area contributed by atoms with Crippen LogP contribution in [0.3, 0.4) is 0 Å². The van der Waals surface area contributed by atoms with Crippen LogP contribution < -0.4 is 5.32 Å². The van der Waals surface area contributed by atoms with Gasteiger partial charge in [-0.1, -0.05) is 30.7 Å². The standard InChI is InChI=1S/C16H14ClFN2O/c1-2-20-15(11-6-7-19-9-13(11)18)14-8-10-4-3-5-12(17)16(10)21-14/h3-9,15,20H,2H2,1H3. The summed E-state index contributed by atoms with van der Waals surface area (Å²) in [5.41, 5.74) is 1.12. The van der Waals surface area contributed by atoms with Crippen LogP contribution >= 0.6 is 11.6 Å². The zero-order valence-corrected chi connectivity index (χ0v) is 12.2. The Kier molecular flexibility index (Phi) is 3.90. The topological polar surface area (TPSA) is 38.1 Å². The molecule has 0 spiro atoms. The molecule has 1 unspecified atom stereocenters. The predicted octanol–water partition coefficient (Wildman–Crippen LogP) is 4.32. The molecular weight excluding hydrogens is 291 g/mol. The fraction of sp³-hybridized carbons (Fsp3) is 0.188. The summed E-state index contributed by atoms with van der Waals surface area (Å²) in [5, 5.41) is 4.68. The van der Waals surface area contributed by atoms with Crippen LogP contribution in [-0.2, 0) is 0 Å². The van der Waals surface area contributed by atoms with Crippen LogP contribution in [0.15, 0.2) is 47.1 Å². The molecule has 1 N–H and O–H groups in total. The van der Waals surface area contributed by atoms with Gasteiger partial charge in [-0.15, -0.1) is 0 Å². The summed E-state index contributed by atoms with van der Waals surface area (Å²) in [6.45, 7) is 2.64. The quantitative estimate of drug-likeness (QED) is 0.780. The summed E-state index contributed by atoms with van der Waals surface area (Å²) < 4.78 is 19.9. The van der Waals surface area contributed by atoms with Crippen molar-refractivity contribution in [3.8, 4) is 0 Å². The van der Waals surface area contributed by atoms with E-state index in [2.05, 4.69) is 10.3 Å². The first kappa shape index (κ1) is 14.0. The highest BCUT2D eigenvalue weighted by atomic mass is 35.5. The van der Waals surface area contributed by atoms with Gasteiger partial charge in [-0.2, -0.15) is 0 Å². The van der Waals surface area contributed by atoms with Gasteiger partial charge in [0.05, 0.1) is 17.3 Å². The van der Waals surface area contributed by atoms with Crippen molar-refractivity contribution in [2.45, 2.75) is 13.0 Å². The Labute approximate surface area is 126 Å². The minimum Gasteiger partial charge on any atom is -0.457 e. The summed E-state index contributed by atoms with van der Waals surface area (Å²) in [4.78, 5) is 3.78. The van der Waals surface area contributed by atoms with Gasteiger partial charge in [-0.25, -0.2) is 4.39 Å². The lowest BCUT2D eigenvalue weighted by Crippen LogP contribution is -2.22. The molecule has 3 rings (SSSR count). The van der Waals surface area contributed by atoms with Gasteiger partial charge in [0.15, 0.2) is 5.58 Å². The highest BCUT2D eigenvalue weighted by Gasteiger charge is 2.21. The molecule has 1 aromatic carbocycles. The number of furan rings is 1. The third-order valence-corrected chi connectivity index (χ3v) is 3.62. The fourth-order valence-corrected chi connectivity index (χ4v) is 2.60. The molecule has 2 heterocycles. The molecule has 0 fully saturated rings. The first-order chi connectivity index (χ1) is 10.2. The molecule has 1 atom stereocenters. The highest BCUT2D eigenvalue weighted by molar-refractivity contribution is 6.34. The molecule has 3 nitrogen and oxygen atoms in total. The Hall–Kier alpha value is -1.91. The predicted molar refractivity (Wildman–Crippen MR) is 80.9 cm³/mol. The first-order valence-electron chi connectivity index (χ1n) is 6.71. The molecule has 108 valence electrons. The van der Waals surface area contributed by atoms with Crippen LogP contribution in [0.1, 0.15) is 24.3 Å². The molecule has 0 amide bonds. The third-order valence-electron chi connectivity index (χ3n) is 3.32. The van der Waals surface area contributed by atoms with E-state index in [-0.39, 0.29) is 11.9 Å². The van der Waals surface area contributed by atoms with Crippen molar-refractivity contribution in [2.24, 2.45) is 0 Å². The summed E-state index contributed by atoms with van der Waals surface area (Å²) in [5.74, 6) is 0.264. The maximum absolute atomic E-state index is 14.0. The molecule has 0 aliphatic heterocycles. The van der Waals surface area contributed by atoms with Crippen LogP contribution in [0.4, 0.5) is 4.39 Å². The molecule has 0 bridgehead atoms. The van der Waals surface area contributed by atoms with E-state index in [4.69, 9.17) is 16.0 Å². The van der Waals surface area contributed by atoms with Crippen molar-refractivity contribution in [3.05, 3.63) is 64.9 Å². The van der Waals surface area contributed by atoms with Gasteiger partial charge in [-0.3, -0.25) is 4.98 Å². The Morgan fingerprint density at radius 3 is 2.95 bits per heavy atom. The van der Waals surface area contributed by atoms with Crippen molar-refractivity contribution in [2.75, 3.05) is 6.54 Å². The van der Waals surface area contributed by atoms with E-state index in [0.717, 1.165) is 5.39 Å². The smallest absolute Gasteiger partial charge is 0.152 e. The number of para-hydroxylation sites is 1. The van der Waals surface area contributed by atoms with Crippen LogP contribution in [0.2, 0.25) is 5.02 Å². The van der Waals surface area contributed by atoms with Crippen LogP contribution in [-0.4, -0.2) is 11.5 Å². The average Bonchev–Trinajstić information content (AvgIpc) is 2.91. The van der Waals surface area contributed by atoms with E-state index < -0.39 is 0 Å². The maximum Gasteiger partial charge on any atom is 0.152 e. The van der Waals surface area contributed by atoms with E-state index >= 15 is 0 Å². The molecule has 21 heavy (non-hydrogen) atoms. The zero-order valence-electron chi connectivity index (χ0n) is 11.4. The molecule has 0 radical (unpaired) electrons. The third kappa shape index (κ3) is 2.64. The van der Waals surface area contributed by atoms with Crippen LogP contribution in [0, 0.1) is 5.82 Å². The van der Waals surface area contributed by atoms with E-state index in [9.17, 15) is 4.39 Å². The largest absolute Gasteiger partial charge is 0.457 e. The number of rotatable bonds is 4. The zero-order chi connectivity index (χ0) is 14.8. The first-order valence-corrected chi connectivity index (χ1v) is 7.09. The summed E-state index contributed by atoms with van der Waals surface area (Å²) >= 11 is 6.13. The van der Waals surface area contributed by atoms with Gasteiger partial charge >= 0.3 is 0 Å². The van der Waals surface area contributed by atoms with Crippen LogP contribution in [0.25, 0.3) is 11.0 Å². The second kappa shape index (κ2) is 5.84.